The molecule has 2 rings (SSSR count). The Labute approximate surface area is 111 Å². The number of hydrogen-bond acceptors (Lipinski definition) is 2. The molecule has 0 spiro atoms. The van der Waals surface area contributed by atoms with E-state index in [1.165, 1.54) is 12.1 Å². The first kappa shape index (κ1) is 14.0. The Hall–Kier alpha value is -2.44. The van der Waals surface area contributed by atoms with Gasteiger partial charge >= 0.3 is 6.18 Å². The van der Waals surface area contributed by atoms with E-state index < -0.39 is 23.6 Å². The highest BCUT2D eigenvalue weighted by molar-refractivity contribution is 6.04. The molecule has 1 aromatic carbocycles. The molecule has 0 fully saturated rings. The Morgan fingerprint density at radius 2 is 1.70 bits per heavy atom. The summed E-state index contributed by atoms with van der Waals surface area (Å²) >= 11 is 0. The summed E-state index contributed by atoms with van der Waals surface area (Å²) < 4.78 is 49.6. The van der Waals surface area contributed by atoms with Gasteiger partial charge in [-0.3, -0.25) is 9.78 Å². The maximum absolute atomic E-state index is 12.7. The van der Waals surface area contributed by atoms with Gasteiger partial charge in [0.15, 0.2) is 0 Å². The predicted octanol–water partition coefficient (Wildman–Crippen LogP) is 3.49. The fraction of sp³-hybridized carbons (Fsp3) is 0.0769. The number of hydrogen-bond donors (Lipinski definition) is 1. The average Bonchev–Trinajstić information content (AvgIpc) is 2.40. The van der Waals surface area contributed by atoms with E-state index in [1.807, 2.05) is 0 Å². The summed E-state index contributed by atoms with van der Waals surface area (Å²) in [7, 11) is 0. The molecule has 7 heteroatoms. The van der Waals surface area contributed by atoms with E-state index in [9.17, 15) is 22.4 Å². The molecule has 0 atom stereocenters. The Morgan fingerprint density at radius 1 is 1.05 bits per heavy atom. The molecule has 0 aliphatic rings. The van der Waals surface area contributed by atoms with Crippen LogP contribution in [0.5, 0.6) is 0 Å². The highest BCUT2D eigenvalue weighted by atomic mass is 19.4. The molecule has 0 saturated carbocycles. The summed E-state index contributed by atoms with van der Waals surface area (Å²) in [6.45, 7) is 0. The Balaban J connectivity index is 2.11. The fourth-order valence-corrected chi connectivity index (χ4v) is 1.43. The quantitative estimate of drug-likeness (QED) is 0.858. The zero-order chi connectivity index (χ0) is 14.8. The number of rotatable bonds is 2. The smallest absolute Gasteiger partial charge is 0.322 e. The zero-order valence-corrected chi connectivity index (χ0v) is 9.91. The molecule has 20 heavy (non-hydrogen) atoms. The van der Waals surface area contributed by atoms with Crippen LogP contribution in [0, 0.1) is 5.82 Å². The van der Waals surface area contributed by atoms with Crippen LogP contribution in [0.4, 0.5) is 23.2 Å². The van der Waals surface area contributed by atoms with Gasteiger partial charge < -0.3 is 5.32 Å². The first-order valence-electron chi connectivity index (χ1n) is 5.46. The molecule has 1 amide bonds. The molecule has 0 aliphatic carbocycles. The number of pyridine rings is 1. The third kappa shape index (κ3) is 3.31. The third-order valence-corrected chi connectivity index (χ3v) is 2.42. The summed E-state index contributed by atoms with van der Waals surface area (Å²) in [4.78, 5) is 14.9. The van der Waals surface area contributed by atoms with Crippen molar-refractivity contribution in [2.45, 2.75) is 6.18 Å². The lowest BCUT2D eigenvalue weighted by Crippen LogP contribution is -2.14. The van der Waals surface area contributed by atoms with Crippen LogP contribution < -0.4 is 5.32 Å². The summed E-state index contributed by atoms with van der Waals surface area (Å²) in [5, 5.41) is 2.42. The van der Waals surface area contributed by atoms with Crippen LogP contribution in [0.25, 0.3) is 0 Å². The van der Waals surface area contributed by atoms with Crippen molar-refractivity contribution in [2.24, 2.45) is 0 Å². The number of nitrogens with one attached hydrogen (secondary N) is 1. The van der Waals surface area contributed by atoms with Gasteiger partial charge in [0.25, 0.3) is 5.91 Å². The molecular weight excluding hydrogens is 276 g/mol. The van der Waals surface area contributed by atoms with Gasteiger partial charge in [-0.25, -0.2) is 4.39 Å². The molecule has 0 saturated heterocycles. The number of carbonyl (C=O) groups excluding carboxylic acids is 1. The minimum atomic E-state index is -4.55. The second-order valence-corrected chi connectivity index (χ2v) is 3.89. The van der Waals surface area contributed by atoms with Crippen LogP contribution in [0.3, 0.4) is 0 Å². The monoisotopic (exact) mass is 284 g/mol. The maximum atomic E-state index is 12.7. The maximum Gasteiger partial charge on any atom is 0.433 e. The van der Waals surface area contributed by atoms with Gasteiger partial charge in [-0.05, 0) is 36.4 Å². The van der Waals surface area contributed by atoms with Crippen molar-refractivity contribution in [2.75, 3.05) is 5.32 Å². The van der Waals surface area contributed by atoms with E-state index >= 15 is 0 Å². The van der Waals surface area contributed by atoms with Crippen LogP contribution in [0.1, 0.15) is 16.1 Å². The van der Waals surface area contributed by atoms with Crippen LogP contribution in [0.15, 0.2) is 42.6 Å². The number of anilines is 1. The van der Waals surface area contributed by atoms with E-state index in [4.69, 9.17) is 0 Å². The SMILES string of the molecule is O=C(Nc1ccc(F)cc1)c1ccc(C(F)(F)F)nc1. The van der Waals surface area contributed by atoms with E-state index in [-0.39, 0.29) is 5.56 Å². The van der Waals surface area contributed by atoms with Crippen LogP contribution >= 0.6 is 0 Å². The molecule has 104 valence electrons. The van der Waals surface area contributed by atoms with Crippen molar-refractivity contribution < 1.29 is 22.4 Å². The van der Waals surface area contributed by atoms with Crippen LogP contribution in [-0.4, -0.2) is 10.9 Å². The lowest BCUT2D eigenvalue weighted by molar-refractivity contribution is -0.141. The number of alkyl halides is 3. The number of benzene rings is 1. The highest BCUT2D eigenvalue weighted by Crippen LogP contribution is 2.27. The third-order valence-electron chi connectivity index (χ3n) is 2.42. The first-order valence-corrected chi connectivity index (χ1v) is 5.46. The van der Waals surface area contributed by atoms with Gasteiger partial charge in [0.2, 0.25) is 0 Å². The summed E-state index contributed by atoms with van der Waals surface area (Å²) in [6.07, 6.45) is -3.71. The van der Waals surface area contributed by atoms with E-state index in [2.05, 4.69) is 10.3 Å². The molecule has 0 aliphatic heterocycles. The lowest BCUT2D eigenvalue weighted by Gasteiger charge is -2.07. The number of amides is 1. The Morgan fingerprint density at radius 3 is 2.20 bits per heavy atom. The molecule has 0 radical (unpaired) electrons. The Bertz CT molecular complexity index is 606. The van der Waals surface area contributed by atoms with E-state index in [0.29, 0.717) is 5.69 Å². The molecule has 1 N–H and O–H groups in total. The number of aromatic nitrogens is 1. The molecule has 2 aromatic rings. The van der Waals surface area contributed by atoms with Crippen molar-refractivity contribution in [3.05, 3.63) is 59.7 Å². The van der Waals surface area contributed by atoms with Crippen molar-refractivity contribution >= 4 is 11.6 Å². The predicted molar refractivity (Wildman–Crippen MR) is 63.6 cm³/mol. The van der Waals surface area contributed by atoms with Gasteiger partial charge in [0.05, 0.1) is 5.56 Å². The standard InChI is InChI=1S/C13H8F4N2O/c14-9-2-4-10(5-3-9)19-12(20)8-1-6-11(18-7-8)13(15,16)17/h1-7H,(H,19,20). The van der Waals surface area contributed by atoms with Gasteiger partial charge in [-0.1, -0.05) is 0 Å². The topological polar surface area (TPSA) is 42.0 Å². The van der Waals surface area contributed by atoms with Crippen molar-refractivity contribution in [3.8, 4) is 0 Å². The van der Waals surface area contributed by atoms with Crippen molar-refractivity contribution in [1.82, 2.24) is 4.98 Å². The van der Waals surface area contributed by atoms with Crippen LogP contribution in [-0.2, 0) is 6.18 Å². The molecule has 1 aromatic heterocycles. The van der Waals surface area contributed by atoms with E-state index in [0.717, 1.165) is 30.5 Å². The molecule has 1 heterocycles. The number of halogens is 4. The normalized spacial score (nSPS) is 11.2. The fourth-order valence-electron chi connectivity index (χ4n) is 1.43. The molecule has 0 unspecified atom stereocenters. The van der Waals surface area contributed by atoms with Crippen molar-refractivity contribution in [1.29, 1.82) is 0 Å². The largest absolute Gasteiger partial charge is 0.433 e. The zero-order valence-electron chi connectivity index (χ0n) is 9.91. The van der Waals surface area contributed by atoms with Gasteiger partial charge in [0.1, 0.15) is 11.5 Å². The van der Waals surface area contributed by atoms with Gasteiger partial charge in [0, 0.05) is 11.9 Å². The molecule has 3 nitrogen and oxygen atoms in total. The van der Waals surface area contributed by atoms with Gasteiger partial charge in [-0.15, -0.1) is 0 Å². The number of nitrogens with zero attached hydrogens (tertiary/aromatic N) is 1. The lowest BCUT2D eigenvalue weighted by atomic mass is 10.2. The Kier molecular flexibility index (Phi) is 3.69. The molecular formula is C13H8F4N2O. The van der Waals surface area contributed by atoms with Gasteiger partial charge in [-0.2, -0.15) is 13.2 Å². The average molecular weight is 284 g/mol. The van der Waals surface area contributed by atoms with E-state index in [1.54, 1.807) is 0 Å². The molecule has 0 bridgehead atoms. The summed E-state index contributed by atoms with van der Waals surface area (Å²) in [6, 6.07) is 6.73. The minimum Gasteiger partial charge on any atom is -0.322 e. The second kappa shape index (κ2) is 5.28. The summed E-state index contributed by atoms with van der Waals surface area (Å²) in [5.41, 5.74) is -0.769. The highest BCUT2D eigenvalue weighted by Gasteiger charge is 2.32. The first-order chi connectivity index (χ1) is 9.36. The minimum absolute atomic E-state index is 0.0256. The second-order valence-electron chi connectivity index (χ2n) is 3.89. The van der Waals surface area contributed by atoms with Crippen LogP contribution in [0.2, 0.25) is 0 Å². The van der Waals surface area contributed by atoms with Crippen molar-refractivity contribution in [3.63, 3.8) is 0 Å². The number of carbonyl (C=O) groups is 1. The summed E-state index contributed by atoms with van der Waals surface area (Å²) in [5.74, 6) is -1.09.